The summed E-state index contributed by atoms with van der Waals surface area (Å²) >= 11 is 0. The van der Waals surface area contributed by atoms with Crippen molar-refractivity contribution in [3.05, 3.63) is 0 Å². The average Bonchev–Trinajstić information content (AvgIpc) is 2.48. The molecule has 0 spiro atoms. The van der Waals surface area contributed by atoms with Gasteiger partial charge in [0.05, 0.1) is 0 Å². The van der Waals surface area contributed by atoms with E-state index in [4.69, 9.17) is 10.2 Å². The highest BCUT2D eigenvalue weighted by atomic mass is 16.5. The van der Waals surface area contributed by atoms with Crippen molar-refractivity contribution >= 4 is 5.97 Å². The van der Waals surface area contributed by atoms with Gasteiger partial charge in [-0.15, -0.1) is 0 Å². The molecule has 0 aromatic carbocycles. The summed E-state index contributed by atoms with van der Waals surface area (Å²) in [6.07, 6.45) is -3.32. The molecule has 2 saturated carbocycles. The summed E-state index contributed by atoms with van der Waals surface area (Å²) in [5.41, 5.74) is 0. The number of carbonyl (C=O) groups excluding carboxylic acids is 1. The van der Waals surface area contributed by atoms with Crippen molar-refractivity contribution in [3.8, 4) is 0 Å². The van der Waals surface area contributed by atoms with Gasteiger partial charge < -0.3 is 4.74 Å². The van der Waals surface area contributed by atoms with E-state index in [0.717, 1.165) is 0 Å². The molecule has 0 amide bonds. The molecular weight excluding hydrogens is 140 g/mol. The van der Waals surface area contributed by atoms with Crippen LogP contribution in [0.2, 0.25) is 0 Å². The van der Waals surface area contributed by atoms with Crippen LogP contribution in [0.5, 0.6) is 0 Å². The van der Waals surface area contributed by atoms with Gasteiger partial charge in [0.25, 0.3) is 0 Å². The molecule has 0 aromatic rings. The van der Waals surface area contributed by atoms with Crippen LogP contribution in [0.15, 0.2) is 0 Å². The van der Waals surface area contributed by atoms with Crippen LogP contribution in [-0.4, -0.2) is 12.1 Å². The highest BCUT2D eigenvalue weighted by Gasteiger charge is 2.43. The van der Waals surface area contributed by atoms with Gasteiger partial charge in [-0.1, -0.05) is 0 Å². The van der Waals surface area contributed by atoms with Crippen molar-refractivity contribution in [1.29, 1.82) is 0 Å². The predicted octanol–water partition coefficient (Wildman–Crippen LogP) is 1.74. The van der Waals surface area contributed by atoms with Crippen LogP contribution in [0.1, 0.15) is 38.0 Å². The fraction of sp³-hybridized carbons (Fsp3) is 0.889. The zero-order chi connectivity index (χ0) is 11.3. The largest absolute Gasteiger partial charge is 0.462 e. The minimum absolute atomic E-state index is 0.447. The minimum atomic E-state index is -0.691. The monoisotopic (exact) mass is 158 g/mol. The van der Waals surface area contributed by atoms with Gasteiger partial charge in [-0.05, 0) is 37.4 Å². The Bertz CT molecular complexity index is 249. The second kappa shape index (κ2) is 2.50. The van der Waals surface area contributed by atoms with Gasteiger partial charge in [0.2, 0.25) is 0 Å². The van der Waals surface area contributed by atoms with Crippen LogP contribution >= 0.6 is 0 Å². The molecule has 0 saturated heterocycles. The van der Waals surface area contributed by atoms with Crippen molar-refractivity contribution in [2.45, 2.75) is 38.6 Å². The molecule has 4 atom stereocenters. The number of hydrogen-bond donors (Lipinski definition) is 0. The molecule has 2 nitrogen and oxygen atoms in total. The molecule has 2 aliphatic rings. The third-order valence-electron chi connectivity index (χ3n) is 2.17. The summed E-state index contributed by atoms with van der Waals surface area (Å²) in [5, 5.41) is 0. The van der Waals surface area contributed by atoms with E-state index in [1.807, 2.05) is 0 Å². The van der Waals surface area contributed by atoms with Crippen molar-refractivity contribution in [2.24, 2.45) is 11.8 Å². The molecule has 62 valence electrons. The fourth-order valence-electron chi connectivity index (χ4n) is 1.68. The lowest BCUT2D eigenvalue weighted by molar-refractivity contribution is -0.148. The Kier molecular flexibility index (Phi) is 0.893. The molecule has 0 heterocycles. The maximum absolute atomic E-state index is 10.9. The molecule has 2 heteroatoms. The van der Waals surface area contributed by atoms with Gasteiger partial charge in [0, 0.05) is 12.4 Å². The van der Waals surface area contributed by atoms with E-state index in [-0.39, 0.29) is 0 Å². The Morgan fingerprint density at radius 3 is 2.18 bits per heavy atom. The van der Waals surface area contributed by atoms with Gasteiger partial charge in [0.1, 0.15) is 6.10 Å². The lowest BCUT2D eigenvalue weighted by atomic mass is 10.0. The smallest absolute Gasteiger partial charge is 0.302 e. The summed E-state index contributed by atoms with van der Waals surface area (Å²) < 4.78 is 36.0. The van der Waals surface area contributed by atoms with Gasteiger partial charge in [0.15, 0.2) is 0 Å². The summed E-state index contributed by atoms with van der Waals surface area (Å²) in [6, 6.07) is 0. The Morgan fingerprint density at radius 1 is 1.36 bits per heavy atom. The maximum atomic E-state index is 10.9. The van der Waals surface area contributed by atoms with Crippen molar-refractivity contribution in [3.63, 3.8) is 0 Å². The molecule has 2 rings (SSSR count). The van der Waals surface area contributed by atoms with E-state index >= 15 is 0 Å². The first-order chi connectivity index (χ1) is 6.95. The topological polar surface area (TPSA) is 26.3 Å². The molecular formula is C9H14O2. The van der Waals surface area contributed by atoms with Gasteiger partial charge in [-0.2, -0.15) is 0 Å². The number of rotatable bonds is 1. The number of hydrogen-bond acceptors (Lipinski definition) is 2. The third-order valence-corrected chi connectivity index (χ3v) is 2.17. The van der Waals surface area contributed by atoms with Crippen LogP contribution in [0.3, 0.4) is 0 Å². The van der Waals surface area contributed by atoms with Gasteiger partial charge >= 0.3 is 5.97 Å². The summed E-state index contributed by atoms with van der Waals surface area (Å²) in [4.78, 5) is 10.9. The molecule has 0 N–H and O–H groups in total. The highest BCUT2D eigenvalue weighted by Crippen LogP contribution is 2.46. The third kappa shape index (κ3) is 1.15. The summed E-state index contributed by atoms with van der Waals surface area (Å²) in [5.74, 6) is -1.36. The van der Waals surface area contributed by atoms with E-state index in [2.05, 4.69) is 0 Å². The van der Waals surface area contributed by atoms with Crippen LogP contribution < -0.4 is 0 Å². The van der Waals surface area contributed by atoms with Gasteiger partial charge in [-0.3, -0.25) is 4.79 Å². The number of ether oxygens (including phenoxy) is 1. The first kappa shape index (κ1) is 3.92. The van der Waals surface area contributed by atoms with E-state index in [9.17, 15) is 4.79 Å². The normalized spacial score (nSPS) is 73.0. The average molecular weight is 158 g/mol. The quantitative estimate of drug-likeness (QED) is 0.543. The van der Waals surface area contributed by atoms with Crippen LogP contribution in [0.25, 0.3) is 0 Å². The molecule has 2 bridgehead atoms. The molecule has 0 radical (unpaired) electrons. The Hall–Kier alpha value is -0.530. The van der Waals surface area contributed by atoms with E-state index in [1.165, 1.54) is 6.92 Å². The van der Waals surface area contributed by atoms with Crippen LogP contribution in [0.4, 0.5) is 0 Å². The Labute approximate surface area is 72.5 Å². The first-order valence-corrected chi connectivity index (χ1v) is 3.81. The van der Waals surface area contributed by atoms with E-state index in [1.54, 1.807) is 0 Å². The standard InChI is InChI=1S/C9H14O2/c1-6(10)11-9-7-2-3-8(9)5-4-7/h7-9H,2-5H2,1H3/i2D,3D,4D,5D. The zero-order valence-corrected chi connectivity index (χ0v) is 6.36. The molecule has 4 unspecified atom stereocenters. The number of esters is 1. The first-order valence-electron chi connectivity index (χ1n) is 6.12. The zero-order valence-electron chi connectivity index (χ0n) is 10.4. The Morgan fingerprint density at radius 2 is 1.82 bits per heavy atom. The highest BCUT2D eigenvalue weighted by molar-refractivity contribution is 5.66. The second-order valence-electron chi connectivity index (χ2n) is 3.00. The fourth-order valence-corrected chi connectivity index (χ4v) is 1.68. The molecule has 0 aromatic heterocycles. The number of carbonyl (C=O) groups is 1. The summed E-state index contributed by atoms with van der Waals surface area (Å²) in [7, 11) is 0. The molecule has 2 aliphatic carbocycles. The van der Waals surface area contributed by atoms with Crippen LogP contribution in [-0.2, 0) is 9.53 Å². The predicted molar refractivity (Wildman–Crippen MR) is 41.0 cm³/mol. The van der Waals surface area contributed by atoms with Crippen molar-refractivity contribution < 1.29 is 15.0 Å². The lowest BCUT2D eigenvalue weighted by Crippen LogP contribution is -2.20. The Balaban J connectivity index is 2.23. The lowest BCUT2D eigenvalue weighted by Gasteiger charge is -2.14. The van der Waals surface area contributed by atoms with E-state index < -0.39 is 49.5 Å². The minimum Gasteiger partial charge on any atom is -0.462 e. The molecule has 2 fully saturated rings. The van der Waals surface area contributed by atoms with Crippen molar-refractivity contribution in [1.82, 2.24) is 0 Å². The van der Waals surface area contributed by atoms with E-state index in [0.29, 0.717) is 0 Å². The molecule has 0 aliphatic heterocycles. The molecule has 11 heavy (non-hydrogen) atoms. The van der Waals surface area contributed by atoms with Crippen molar-refractivity contribution in [2.75, 3.05) is 0 Å². The summed E-state index contributed by atoms with van der Waals surface area (Å²) in [6.45, 7) is 1.29. The van der Waals surface area contributed by atoms with Crippen LogP contribution in [0, 0.1) is 11.8 Å². The second-order valence-corrected chi connectivity index (χ2v) is 3.00. The number of fused-ring (bicyclic) bond motifs is 2. The van der Waals surface area contributed by atoms with Gasteiger partial charge in [-0.25, -0.2) is 0 Å². The SMILES string of the molecule is [2H]C1C([2H])C2C([2H])C([2H])C1C2OC(C)=O. The maximum Gasteiger partial charge on any atom is 0.302 e.